The molecule has 1 aromatic heterocycles. The third-order valence-corrected chi connectivity index (χ3v) is 2.35. The van der Waals surface area contributed by atoms with Crippen molar-refractivity contribution in [3.8, 4) is 0 Å². The topological polar surface area (TPSA) is 54.9 Å². The van der Waals surface area contributed by atoms with E-state index in [2.05, 4.69) is 14.9 Å². The Morgan fingerprint density at radius 1 is 1.75 bits per heavy atom. The summed E-state index contributed by atoms with van der Waals surface area (Å²) in [6.07, 6.45) is 2.49. The first-order valence-electron chi connectivity index (χ1n) is 3.91. The SMILES string of the molecule is O=C(NCC1CC1)c1csnn1. The third kappa shape index (κ3) is 1.79. The molecule has 0 atom stereocenters. The Morgan fingerprint density at radius 3 is 3.17 bits per heavy atom. The molecule has 1 aromatic rings. The lowest BCUT2D eigenvalue weighted by Crippen LogP contribution is -2.25. The van der Waals surface area contributed by atoms with Crippen LogP contribution in [0, 0.1) is 5.92 Å². The van der Waals surface area contributed by atoms with Crippen LogP contribution in [0.1, 0.15) is 23.3 Å². The largest absolute Gasteiger partial charge is 0.350 e. The summed E-state index contributed by atoms with van der Waals surface area (Å²) in [5.74, 6) is 0.608. The Hall–Kier alpha value is -0.970. The van der Waals surface area contributed by atoms with Gasteiger partial charge in [-0.15, -0.1) is 5.10 Å². The molecule has 0 bridgehead atoms. The van der Waals surface area contributed by atoms with Crippen LogP contribution < -0.4 is 5.32 Å². The van der Waals surface area contributed by atoms with Crippen molar-refractivity contribution >= 4 is 17.4 Å². The van der Waals surface area contributed by atoms with Crippen molar-refractivity contribution in [3.05, 3.63) is 11.1 Å². The van der Waals surface area contributed by atoms with Crippen molar-refractivity contribution in [1.82, 2.24) is 14.9 Å². The standard InChI is InChI=1S/C7H9N3OS/c11-7(6-4-12-10-9-6)8-3-5-1-2-5/h4-5H,1-3H2,(H,8,11). The van der Waals surface area contributed by atoms with Gasteiger partial charge in [0.1, 0.15) is 0 Å². The molecule has 1 N–H and O–H groups in total. The fourth-order valence-electron chi connectivity index (χ4n) is 0.913. The minimum absolute atomic E-state index is 0.101. The predicted octanol–water partition coefficient (Wildman–Crippen LogP) is 0.678. The van der Waals surface area contributed by atoms with E-state index < -0.39 is 0 Å². The van der Waals surface area contributed by atoms with Gasteiger partial charge in [-0.05, 0) is 30.3 Å². The van der Waals surface area contributed by atoms with Gasteiger partial charge in [0.25, 0.3) is 5.91 Å². The van der Waals surface area contributed by atoms with Crippen LogP contribution in [0.5, 0.6) is 0 Å². The molecule has 1 aliphatic rings. The average molecular weight is 183 g/mol. The third-order valence-electron chi connectivity index (χ3n) is 1.84. The van der Waals surface area contributed by atoms with Crippen LogP contribution in [0.25, 0.3) is 0 Å². The van der Waals surface area contributed by atoms with Crippen LogP contribution in [0.4, 0.5) is 0 Å². The highest BCUT2D eigenvalue weighted by Gasteiger charge is 2.22. The Bertz CT molecular complexity index is 268. The molecule has 0 radical (unpaired) electrons. The second-order valence-electron chi connectivity index (χ2n) is 2.94. The van der Waals surface area contributed by atoms with Gasteiger partial charge in [-0.2, -0.15) is 0 Å². The van der Waals surface area contributed by atoms with Gasteiger partial charge in [0.2, 0.25) is 0 Å². The van der Waals surface area contributed by atoms with Crippen molar-refractivity contribution in [2.24, 2.45) is 5.92 Å². The average Bonchev–Trinajstić information content (AvgIpc) is 2.74. The molecule has 1 heterocycles. The zero-order valence-electron chi connectivity index (χ0n) is 6.49. The highest BCUT2D eigenvalue weighted by atomic mass is 32.1. The van der Waals surface area contributed by atoms with E-state index in [9.17, 15) is 4.79 Å². The van der Waals surface area contributed by atoms with Crippen molar-refractivity contribution in [2.45, 2.75) is 12.8 Å². The van der Waals surface area contributed by atoms with E-state index in [-0.39, 0.29) is 5.91 Å². The Labute approximate surface area is 74.2 Å². The highest BCUT2D eigenvalue weighted by molar-refractivity contribution is 7.03. The fourth-order valence-corrected chi connectivity index (χ4v) is 1.35. The number of amides is 1. The van der Waals surface area contributed by atoms with Gasteiger partial charge in [-0.25, -0.2) is 0 Å². The molecule has 4 nitrogen and oxygen atoms in total. The zero-order chi connectivity index (χ0) is 8.39. The van der Waals surface area contributed by atoms with E-state index in [1.54, 1.807) is 5.38 Å². The summed E-state index contributed by atoms with van der Waals surface area (Å²) in [6.45, 7) is 0.788. The van der Waals surface area contributed by atoms with Crippen LogP contribution in [-0.4, -0.2) is 22.0 Å². The smallest absolute Gasteiger partial charge is 0.272 e. The van der Waals surface area contributed by atoms with Gasteiger partial charge in [0, 0.05) is 11.9 Å². The zero-order valence-corrected chi connectivity index (χ0v) is 7.30. The summed E-state index contributed by atoms with van der Waals surface area (Å²) in [7, 11) is 0. The van der Waals surface area contributed by atoms with Crippen LogP contribution in [0.15, 0.2) is 5.38 Å². The summed E-state index contributed by atoms with van der Waals surface area (Å²) in [6, 6.07) is 0. The summed E-state index contributed by atoms with van der Waals surface area (Å²) >= 11 is 1.20. The lowest BCUT2D eigenvalue weighted by atomic mass is 10.4. The number of carbonyl (C=O) groups excluding carboxylic acids is 1. The molecule has 0 unspecified atom stereocenters. The Morgan fingerprint density at radius 2 is 2.58 bits per heavy atom. The van der Waals surface area contributed by atoms with Gasteiger partial charge in [0.15, 0.2) is 5.69 Å². The first-order valence-corrected chi connectivity index (χ1v) is 4.75. The molecule has 1 saturated carbocycles. The first-order chi connectivity index (χ1) is 5.86. The minimum Gasteiger partial charge on any atom is -0.350 e. The number of hydrogen-bond donors (Lipinski definition) is 1. The number of nitrogens with zero attached hydrogens (tertiary/aromatic N) is 2. The van der Waals surface area contributed by atoms with E-state index in [4.69, 9.17) is 0 Å². The Balaban J connectivity index is 1.83. The van der Waals surface area contributed by atoms with Crippen molar-refractivity contribution < 1.29 is 4.79 Å². The van der Waals surface area contributed by atoms with E-state index in [0.29, 0.717) is 11.6 Å². The molecule has 0 spiro atoms. The van der Waals surface area contributed by atoms with E-state index >= 15 is 0 Å². The summed E-state index contributed by atoms with van der Waals surface area (Å²) in [4.78, 5) is 11.2. The molecule has 1 aliphatic carbocycles. The summed E-state index contributed by atoms with van der Waals surface area (Å²) in [5.41, 5.74) is 0.431. The van der Waals surface area contributed by atoms with Gasteiger partial charge in [-0.3, -0.25) is 4.79 Å². The highest BCUT2D eigenvalue weighted by Crippen LogP contribution is 2.27. The molecule has 5 heteroatoms. The molecule has 0 aromatic carbocycles. The lowest BCUT2D eigenvalue weighted by Gasteiger charge is -1.98. The van der Waals surface area contributed by atoms with E-state index in [0.717, 1.165) is 6.54 Å². The van der Waals surface area contributed by atoms with Crippen LogP contribution in [0.2, 0.25) is 0 Å². The van der Waals surface area contributed by atoms with Crippen LogP contribution in [-0.2, 0) is 0 Å². The summed E-state index contributed by atoms with van der Waals surface area (Å²) in [5, 5.41) is 8.14. The number of carbonyl (C=O) groups is 1. The molecule has 64 valence electrons. The number of rotatable bonds is 3. The maximum absolute atomic E-state index is 11.2. The Kier molecular flexibility index (Phi) is 2.03. The second-order valence-corrected chi connectivity index (χ2v) is 3.55. The molecular weight excluding hydrogens is 174 g/mol. The number of nitrogens with one attached hydrogen (secondary N) is 1. The van der Waals surface area contributed by atoms with Gasteiger partial charge in [0.05, 0.1) is 0 Å². The van der Waals surface area contributed by atoms with Crippen LogP contribution in [0.3, 0.4) is 0 Å². The normalized spacial score (nSPS) is 16.0. The molecule has 1 amide bonds. The van der Waals surface area contributed by atoms with Gasteiger partial charge >= 0.3 is 0 Å². The molecule has 0 saturated heterocycles. The van der Waals surface area contributed by atoms with E-state index in [1.807, 2.05) is 0 Å². The monoisotopic (exact) mass is 183 g/mol. The lowest BCUT2D eigenvalue weighted by molar-refractivity contribution is 0.0947. The molecule has 1 fully saturated rings. The minimum atomic E-state index is -0.101. The molecule has 12 heavy (non-hydrogen) atoms. The predicted molar refractivity (Wildman–Crippen MR) is 45.0 cm³/mol. The van der Waals surface area contributed by atoms with Crippen molar-refractivity contribution in [1.29, 1.82) is 0 Å². The van der Waals surface area contributed by atoms with Crippen molar-refractivity contribution in [2.75, 3.05) is 6.54 Å². The summed E-state index contributed by atoms with van der Waals surface area (Å²) < 4.78 is 3.62. The van der Waals surface area contributed by atoms with Gasteiger partial charge in [-0.1, -0.05) is 4.49 Å². The maximum atomic E-state index is 11.2. The second kappa shape index (κ2) is 3.18. The fraction of sp³-hybridized carbons (Fsp3) is 0.571. The maximum Gasteiger partial charge on any atom is 0.272 e. The molecule has 2 rings (SSSR count). The van der Waals surface area contributed by atoms with Crippen molar-refractivity contribution in [3.63, 3.8) is 0 Å². The molecular formula is C7H9N3OS. The first kappa shape index (κ1) is 7.67. The number of hydrogen-bond acceptors (Lipinski definition) is 4. The quantitative estimate of drug-likeness (QED) is 0.749. The molecule has 0 aliphatic heterocycles. The number of aromatic nitrogens is 2. The van der Waals surface area contributed by atoms with Gasteiger partial charge < -0.3 is 5.32 Å². The van der Waals surface area contributed by atoms with Crippen LogP contribution >= 0.6 is 11.5 Å². The van der Waals surface area contributed by atoms with E-state index in [1.165, 1.54) is 24.4 Å².